The molecule has 1 aromatic carbocycles. The average Bonchev–Trinajstić information content (AvgIpc) is 2.41. The van der Waals surface area contributed by atoms with E-state index >= 15 is 0 Å². The lowest BCUT2D eigenvalue weighted by Gasteiger charge is -2.16. The van der Waals surface area contributed by atoms with Gasteiger partial charge in [0.05, 0.1) is 5.02 Å². The topological polar surface area (TPSA) is 25.8 Å². The van der Waals surface area contributed by atoms with Crippen LogP contribution < -0.4 is 0 Å². The highest BCUT2D eigenvalue weighted by Gasteiger charge is 2.18. The van der Waals surface area contributed by atoms with Crippen LogP contribution in [0.15, 0.2) is 22.7 Å². The van der Waals surface area contributed by atoms with Crippen LogP contribution in [0.1, 0.15) is 24.1 Å². The number of aromatic nitrogens is 2. The third kappa shape index (κ3) is 2.64. The van der Waals surface area contributed by atoms with Gasteiger partial charge in [-0.05, 0) is 43.9 Å². The highest BCUT2D eigenvalue weighted by Crippen LogP contribution is 2.32. The first kappa shape index (κ1) is 13.3. The first-order chi connectivity index (χ1) is 9.15. The van der Waals surface area contributed by atoms with Gasteiger partial charge in [0.2, 0.25) is 0 Å². The second-order valence-corrected chi connectivity index (χ2v) is 6.28. The van der Waals surface area contributed by atoms with Crippen LogP contribution in [-0.4, -0.2) is 9.97 Å². The minimum Gasteiger partial charge on any atom is -0.233 e. The lowest BCUT2D eigenvalue weighted by molar-refractivity contribution is 0.663. The molecule has 19 heavy (non-hydrogen) atoms. The first-order valence-electron chi connectivity index (χ1n) is 6.16. The number of aryl methyl sites for hydroxylation is 1. The van der Waals surface area contributed by atoms with Crippen molar-refractivity contribution in [2.24, 2.45) is 0 Å². The second kappa shape index (κ2) is 5.39. The normalized spacial score (nSPS) is 14.3. The van der Waals surface area contributed by atoms with Crippen molar-refractivity contribution in [3.05, 3.63) is 44.1 Å². The lowest BCUT2D eigenvalue weighted by atomic mass is 9.97. The van der Waals surface area contributed by atoms with Crippen LogP contribution in [0.25, 0.3) is 11.4 Å². The summed E-state index contributed by atoms with van der Waals surface area (Å²) in [7, 11) is 0. The summed E-state index contributed by atoms with van der Waals surface area (Å²) in [6.07, 6.45) is 4.26. The highest BCUT2D eigenvalue weighted by molar-refractivity contribution is 9.10. The summed E-state index contributed by atoms with van der Waals surface area (Å²) in [5.74, 6) is 0.608. The Morgan fingerprint density at radius 3 is 2.68 bits per heavy atom. The molecular weight excluding hydrogens is 347 g/mol. The van der Waals surface area contributed by atoms with Crippen molar-refractivity contribution >= 4 is 39.1 Å². The Bertz CT molecular complexity index is 644. The van der Waals surface area contributed by atoms with Crippen LogP contribution in [0.5, 0.6) is 0 Å². The lowest BCUT2D eigenvalue weighted by Crippen LogP contribution is -2.09. The second-order valence-electron chi connectivity index (χ2n) is 4.59. The third-order valence-corrected chi connectivity index (χ3v) is 4.44. The molecule has 1 aliphatic carbocycles. The Hall–Kier alpha value is -0.640. The molecule has 0 spiro atoms. The summed E-state index contributed by atoms with van der Waals surface area (Å²) < 4.78 is 0.948. The Morgan fingerprint density at radius 1 is 1.05 bits per heavy atom. The first-order valence-corrected chi connectivity index (χ1v) is 7.71. The van der Waals surface area contributed by atoms with E-state index < -0.39 is 0 Å². The summed E-state index contributed by atoms with van der Waals surface area (Å²) >= 11 is 15.9. The Morgan fingerprint density at radius 2 is 1.84 bits per heavy atom. The van der Waals surface area contributed by atoms with Crippen LogP contribution in [-0.2, 0) is 12.8 Å². The molecule has 0 unspecified atom stereocenters. The molecule has 0 atom stereocenters. The number of hydrogen-bond acceptors (Lipinski definition) is 2. The molecule has 0 saturated carbocycles. The molecule has 0 fully saturated rings. The Balaban J connectivity index is 2.15. The van der Waals surface area contributed by atoms with Crippen molar-refractivity contribution in [2.45, 2.75) is 25.7 Å². The zero-order valence-electron chi connectivity index (χ0n) is 10.1. The van der Waals surface area contributed by atoms with Gasteiger partial charge in [0.1, 0.15) is 5.15 Å². The zero-order chi connectivity index (χ0) is 13.4. The number of rotatable bonds is 1. The van der Waals surface area contributed by atoms with Gasteiger partial charge in [-0.3, -0.25) is 0 Å². The van der Waals surface area contributed by atoms with Gasteiger partial charge in [-0.25, -0.2) is 9.97 Å². The van der Waals surface area contributed by atoms with E-state index in [0.29, 0.717) is 16.0 Å². The van der Waals surface area contributed by atoms with E-state index in [1.165, 1.54) is 0 Å². The molecule has 3 rings (SSSR count). The van der Waals surface area contributed by atoms with Crippen molar-refractivity contribution in [2.75, 3.05) is 0 Å². The van der Waals surface area contributed by atoms with Crippen LogP contribution in [0.4, 0.5) is 0 Å². The molecule has 0 amide bonds. The van der Waals surface area contributed by atoms with Gasteiger partial charge in [0.15, 0.2) is 5.82 Å². The van der Waals surface area contributed by atoms with Gasteiger partial charge >= 0.3 is 0 Å². The monoisotopic (exact) mass is 356 g/mol. The molecule has 1 aliphatic rings. The van der Waals surface area contributed by atoms with Gasteiger partial charge in [-0.2, -0.15) is 0 Å². The molecule has 98 valence electrons. The quantitative estimate of drug-likeness (QED) is 0.664. The number of fused-ring (bicyclic) bond motifs is 1. The standard InChI is InChI=1S/C14H11BrCl2N2/c15-8-5-6-11(16)10(7-8)14-18-12-4-2-1-3-9(12)13(17)19-14/h5-7H,1-4H2. The Labute approximate surface area is 130 Å². The van der Waals surface area contributed by atoms with E-state index in [2.05, 4.69) is 25.9 Å². The third-order valence-electron chi connectivity index (χ3n) is 3.30. The number of hydrogen-bond donors (Lipinski definition) is 0. The fraction of sp³-hybridized carbons (Fsp3) is 0.286. The number of nitrogens with zero attached hydrogens (tertiary/aromatic N) is 2. The fourth-order valence-corrected chi connectivity index (χ4v) is 3.18. The van der Waals surface area contributed by atoms with E-state index in [0.717, 1.165) is 47.0 Å². The van der Waals surface area contributed by atoms with Crippen LogP contribution in [0.3, 0.4) is 0 Å². The van der Waals surface area contributed by atoms with E-state index in [4.69, 9.17) is 23.2 Å². The van der Waals surface area contributed by atoms with Crippen molar-refractivity contribution in [1.82, 2.24) is 9.97 Å². The van der Waals surface area contributed by atoms with Crippen LogP contribution in [0.2, 0.25) is 10.2 Å². The number of halogens is 3. The van der Waals surface area contributed by atoms with Crippen molar-refractivity contribution in [3.63, 3.8) is 0 Å². The molecular formula is C14H11BrCl2N2. The molecule has 1 aromatic heterocycles. The van der Waals surface area contributed by atoms with Gasteiger partial charge in [-0.15, -0.1) is 0 Å². The minimum absolute atomic E-state index is 0.566. The summed E-state index contributed by atoms with van der Waals surface area (Å²) in [4.78, 5) is 9.05. The predicted octanol–water partition coefficient (Wildman–Crippen LogP) is 5.09. The maximum atomic E-state index is 6.28. The number of benzene rings is 1. The molecule has 0 bridgehead atoms. The summed E-state index contributed by atoms with van der Waals surface area (Å²) in [6, 6.07) is 5.65. The maximum absolute atomic E-state index is 6.28. The zero-order valence-corrected chi connectivity index (χ0v) is 13.2. The summed E-state index contributed by atoms with van der Waals surface area (Å²) in [5.41, 5.74) is 2.98. The van der Waals surface area contributed by atoms with E-state index in [1.54, 1.807) is 0 Å². The minimum atomic E-state index is 0.566. The molecule has 5 heteroatoms. The van der Waals surface area contributed by atoms with Crippen molar-refractivity contribution in [1.29, 1.82) is 0 Å². The Kier molecular flexibility index (Phi) is 3.79. The smallest absolute Gasteiger partial charge is 0.162 e. The fourth-order valence-electron chi connectivity index (χ4n) is 2.34. The van der Waals surface area contributed by atoms with E-state index in [1.807, 2.05) is 18.2 Å². The SMILES string of the molecule is Clc1ccc(Br)cc1-c1nc(Cl)c2c(n1)CCCC2. The van der Waals surface area contributed by atoms with Crippen molar-refractivity contribution in [3.8, 4) is 11.4 Å². The molecule has 2 aromatic rings. The maximum Gasteiger partial charge on any atom is 0.162 e. The van der Waals surface area contributed by atoms with Gasteiger partial charge in [-0.1, -0.05) is 39.1 Å². The van der Waals surface area contributed by atoms with Crippen molar-refractivity contribution < 1.29 is 0 Å². The molecule has 2 nitrogen and oxygen atoms in total. The van der Waals surface area contributed by atoms with Gasteiger partial charge in [0, 0.05) is 21.3 Å². The van der Waals surface area contributed by atoms with Crippen LogP contribution in [0, 0.1) is 0 Å². The summed E-state index contributed by atoms with van der Waals surface area (Å²) in [5, 5.41) is 1.20. The summed E-state index contributed by atoms with van der Waals surface area (Å²) in [6.45, 7) is 0. The van der Waals surface area contributed by atoms with Gasteiger partial charge in [0.25, 0.3) is 0 Å². The molecule has 1 heterocycles. The van der Waals surface area contributed by atoms with E-state index in [9.17, 15) is 0 Å². The average molecular weight is 358 g/mol. The molecule has 0 aliphatic heterocycles. The molecule has 0 radical (unpaired) electrons. The predicted molar refractivity (Wildman–Crippen MR) is 81.8 cm³/mol. The van der Waals surface area contributed by atoms with E-state index in [-0.39, 0.29) is 0 Å². The van der Waals surface area contributed by atoms with Gasteiger partial charge < -0.3 is 0 Å². The molecule has 0 N–H and O–H groups in total. The highest BCUT2D eigenvalue weighted by atomic mass is 79.9. The molecule has 0 saturated heterocycles. The largest absolute Gasteiger partial charge is 0.233 e. The van der Waals surface area contributed by atoms with Crippen LogP contribution >= 0.6 is 39.1 Å².